The first-order valence-corrected chi connectivity index (χ1v) is 9.28. The smallest absolute Gasteiger partial charge is 0.407 e. The van der Waals surface area contributed by atoms with Crippen LogP contribution in [-0.4, -0.2) is 34.2 Å². The number of benzene rings is 1. The second kappa shape index (κ2) is 6.54. The highest BCUT2D eigenvalue weighted by atomic mass is 35.5. The fourth-order valence-electron chi connectivity index (χ4n) is 4.37. The summed E-state index contributed by atoms with van der Waals surface area (Å²) in [6, 6.07) is 9.15. The lowest BCUT2D eigenvalue weighted by atomic mass is 9.74. The van der Waals surface area contributed by atoms with Gasteiger partial charge in [-0.15, -0.1) is 0 Å². The molecule has 0 bridgehead atoms. The molecule has 1 aliphatic heterocycles. The normalized spacial score (nSPS) is 23.1. The molecule has 2 heterocycles. The van der Waals surface area contributed by atoms with Crippen molar-refractivity contribution < 1.29 is 14.3 Å². The number of hydrogen-bond acceptors (Lipinski definition) is 2. The molecule has 2 aliphatic rings. The molecule has 2 aromatic rings. The first-order valence-electron chi connectivity index (χ1n) is 8.90. The summed E-state index contributed by atoms with van der Waals surface area (Å²) in [5.41, 5.74) is 1.22. The molecule has 1 atom stereocenters. The first-order chi connectivity index (χ1) is 12.5. The van der Waals surface area contributed by atoms with Gasteiger partial charge in [0.25, 0.3) is 0 Å². The van der Waals surface area contributed by atoms with Crippen molar-refractivity contribution >= 4 is 17.7 Å². The third-order valence-corrected chi connectivity index (χ3v) is 5.92. The van der Waals surface area contributed by atoms with Crippen LogP contribution in [0.3, 0.4) is 0 Å². The predicted molar refractivity (Wildman–Crippen MR) is 97.3 cm³/mol. The van der Waals surface area contributed by atoms with E-state index in [1.807, 2.05) is 18.2 Å². The Morgan fingerprint density at radius 2 is 1.96 bits per heavy atom. The summed E-state index contributed by atoms with van der Waals surface area (Å²) in [4.78, 5) is 17.0. The summed E-state index contributed by atoms with van der Waals surface area (Å²) in [6.45, 7) is 0.688. The molecule has 1 N–H and O–H groups in total. The molecule has 0 spiro atoms. The van der Waals surface area contributed by atoms with Crippen LogP contribution in [0.4, 0.5) is 9.18 Å². The van der Waals surface area contributed by atoms with Gasteiger partial charge in [-0.3, -0.25) is 4.98 Å². The zero-order valence-corrected chi connectivity index (χ0v) is 15.0. The number of rotatable bonds is 1. The monoisotopic (exact) mass is 374 g/mol. The highest BCUT2D eigenvalue weighted by molar-refractivity contribution is 6.30. The second-order valence-corrected chi connectivity index (χ2v) is 7.50. The van der Waals surface area contributed by atoms with Gasteiger partial charge in [-0.05, 0) is 60.6 Å². The van der Waals surface area contributed by atoms with Crippen molar-refractivity contribution in [3.05, 3.63) is 63.9 Å². The van der Waals surface area contributed by atoms with Crippen LogP contribution in [0.15, 0.2) is 36.5 Å². The number of piperidine rings is 1. The Balaban J connectivity index is 1.82. The van der Waals surface area contributed by atoms with E-state index in [2.05, 4.69) is 4.98 Å². The van der Waals surface area contributed by atoms with Crippen molar-refractivity contribution in [3.63, 3.8) is 0 Å². The van der Waals surface area contributed by atoms with E-state index in [1.54, 1.807) is 18.3 Å². The lowest BCUT2D eigenvalue weighted by Gasteiger charge is -2.39. The molecule has 26 heavy (non-hydrogen) atoms. The average Bonchev–Trinajstić information content (AvgIpc) is 2.77. The van der Waals surface area contributed by atoms with E-state index in [-0.39, 0.29) is 5.92 Å². The number of carboxylic acid groups (broad SMARTS) is 1. The number of fused-ring (bicyclic) bond motifs is 2. The van der Waals surface area contributed by atoms with Gasteiger partial charge >= 0.3 is 6.09 Å². The third kappa shape index (κ3) is 2.75. The first kappa shape index (κ1) is 17.3. The molecule has 136 valence electrons. The predicted octanol–water partition coefficient (Wildman–Crippen LogP) is 4.44. The molecule has 1 unspecified atom stereocenters. The van der Waals surface area contributed by atoms with E-state index < -0.39 is 11.8 Å². The number of aryl methyl sites for hydroxylation is 2. The minimum absolute atomic E-state index is 0.315. The van der Waals surface area contributed by atoms with E-state index in [0.717, 1.165) is 17.5 Å². The third-order valence-electron chi connectivity index (χ3n) is 5.69. The maximum atomic E-state index is 16.9. The largest absolute Gasteiger partial charge is 0.465 e. The molecule has 1 amide bonds. The molecule has 1 aromatic heterocycles. The van der Waals surface area contributed by atoms with E-state index >= 15 is 4.39 Å². The SMILES string of the molecule is O=C(O)N1CCC(C2(F)c3ccc(Cl)cc3CCc3cccnc32)CC1. The fourth-order valence-corrected chi connectivity index (χ4v) is 4.57. The Labute approximate surface area is 156 Å². The fraction of sp³-hybridized carbons (Fsp3) is 0.400. The van der Waals surface area contributed by atoms with Gasteiger partial charge in [-0.1, -0.05) is 23.7 Å². The van der Waals surface area contributed by atoms with Crippen molar-refractivity contribution in [2.75, 3.05) is 13.1 Å². The van der Waals surface area contributed by atoms with Crippen LogP contribution in [0.1, 0.15) is 35.2 Å². The van der Waals surface area contributed by atoms with Crippen molar-refractivity contribution in [2.24, 2.45) is 5.92 Å². The maximum Gasteiger partial charge on any atom is 0.407 e. The summed E-state index contributed by atoms with van der Waals surface area (Å²) in [6.07, 6.45) is 3.08. The van der Waals surface area contributed by atoms with Crippen LogP contribution in [0.5, 0.6) is 0 Å². The second-order valence-electron chi connectivity index (χ2n) is 7.07. The minimum atomic E-state index is -1.72. The highest BCUT2D eigenvalue weighted by Gasteiger charge is 2.48. The lowest BCUT2D eigenvalue weighted by molar-refractivity contribution is 0.0573. The maximum absolute atomic E-state index is 16.9. The zero-order valence-electron chi connectivity index (χ0n) is 14.3. The molecular formula is C20H20ClFN2O2. The van der Waals surface area contributed by atoms with Crippen LogP contribution >= 0.6 is 11.6 Å². The average molecular weight is 375 g/mol. The number of carbonyl (C=O) groups is 1. The molecule has 1 aliphatic carbocycles. The number of likely N-dealkylation sites (tertiary alicyclic amines) is 1. The molecule has 1 fully saturated rings. The van der Waals surface area contributed by atoms with Gasteiger partial charge in [0.1, 0.15) is 0 Å². The highest BCUT2D eigenvalue weighted by Crippen LogP contribution is 2.49. The molecule has 4 nitrogen and oxygen atoms in total. The van der Waals surface area contributed by atoms with Gasteiger partial charge in [0.2, 0.25) is 0 Å². The number of aromatic nitrogens is 1. The van der Waals surface area contributed by atoms with Gasteiger partial charge in [0, 0.05) is 30.2 Å². The molecule has 1 aromatic carbocycles. The Bertz CT molecular complexity index is 851. The molecule has 0 radical (unpaired) electrons. The Morgan fingerprint density at radius 1 is 1.23 bits per heavy atom. The van der Waals surface area contributed by atoms with Crippen LogP contribution in [0, 0.1) is 5.92 Å². The van der Waals surface area contributed by atoms with Crippen molar-refractivity contribution in [3.8, 4) is 0 Å². The van der Waals surface area contributed by atoms with E-state index in [0.29, 0.717) is 48.6 Å². The molecule has 6 heteroatoms. The van der Waals surface area contributed by atoms with Gasteiger partial charge in [-0.25, -0.2) is 9.18 Å². The summed E-state index contributed by atoms with van der Waals surface area (Å²) < 4.78 is 16.9. The minimum Gasteiger partial charge on any atom is -0.465 e. The summed E-state index contributed by atoms with van der Waals surface area (Å²) >= 11 is 6.16. The summed E-state index contributed by atoms with van der Waals surface area (Å²) in [7, 11) is 0. The zero-order chi connectivity index (χ0) is 18.3. The molecule has 4 rings (SSSR count). The van der Waals surface area contributed by atoms with E-state index in [1.165, 1.54) is 4.90 Å². The molecular weight excluding hydrogens is 355 g/mol. The number of nitrogens with zero attached hydrogens (tertiary/aromatic N) is 2. The van der Waals surface area contributed by atoms with Crippen LogP contribution < -0.4 is 0 Å². The Kier molecular flexibility index (Phi) is 4.35. The standard InChI is InChI=1S/C20H20ClFN2O2/c21-16-5-6-17-14(12-16)4-3-13-2-1-9-23-18(13)20(17,22)15-7-10-24(11-8-15)19(25)26/h1-2,5-6,9,12,15H,3-4,7-8,10-11H2,(H,25,26). The van der Waals surface area contributed by atoms with Crippen molar-refractivity contribution in [1.82, 2.24) is 9.88 Å². The van der Waals surface area contributed by atoms with Gasteiger partial charge in [-0.2, -0.15) is 0 Å². The molecule has 1 saturated heterocycles. The van der Waals surface area contributed by atoms with Crippen molar-refractivity contribution in [2.45, 2.75) is 31.4 Å². The number of halogens is 2. The van der Waals surface area contributed by atoms with Crippen LogP contribution in [-0.2, 0) is 18.5 Å². The van der Waals surface area contributed by atoms with Crippen molar-refractivity contribution in [1.29, 1.82) is 0 Å². The Morgan fingerprint density at radius 3 is 2.69 bits per heavy atom. The van der Waals surface area contributed by atoms with E-state index in [4.69, 9.17) is 11.6 Å². The lowest BCUT2D eigenvalue weighted by Crippen LogP contribution is -2.44. The summed E-state index contributed by atoms with van der Waals surface area (Å²) in [5.74, 6) is -0.315. The topological polar surface area (TPSA) is 53.4 Å². The Hall–Kier alpha value is -2.14. The number of hydrogen-bond donors (Lipinski definition) is 1. The van der Waals surface area contributed by atoms with Crippen LogP contribution in [0.2, 0.25) is 5.02 Å². The molecule has 0 saturated carbocycles. The summed E-state index contributed by atoms with van der Waals surface area (Å²) in [5, 5.41) is 9.80. The van der Waals surface area contributed by atoms with Gasteiger partial charge in [0.15, 0.2) is 5.67 Å². The number of alkyl halides is 1. The quantitative estimate of drug-likeness (QED) is 0.803. The van der Waals surface area contributed by atoms with Gasteiger partial charge < -0.3 is 10.0 Å². The number of pyridine rings is 1. The van der Waals surface area contributed by atoms with Gasteiger partial charge in [0.05, 0.1) is 5.69 Å². The van der Waals surface area contributed by atoms with Crippen LogP contribution in [0.25, 0.3) is 0 Å². The van der Waals surface area contributed by atoms with E-state index in [9.17, 15) is 9.90 Å². The number of amides is 1.